The molecule has 33 heavy (non-hydrogen) atoms. The Morgan fingerprint density at radius 1 is 1.03 bits per heavy atom. The van der Waals surface area contributed by atoms with Crippen LogP contribution in [0.5, 0.6) is 0 Å². The Bertz CT molecular complexity index is 1140. The van der Waals surface area contributed by atoms with Crippen LogP contribution >= 0.6 is 0 Å². The molecule has 0 radical (unpaired) electrons. The second kappa shape index (κ2) is 10.4. The van der Waals surface area contributed by atoms with Crippen LogP contribution in [0.3, 0.4) is 0 Å². The van der Waals surface area contributed by atoms with E-state index in [1.807, 2.05) is 24.3 Å². The highest BCUT2D eigenvalue weighted by atomic mass is 16.4. The number of primary amides is 1. The first-order valence-electron chi connectivity index (χ1n) is 10.1. The number of nitrogens with zero attached hydrogens (tertiary/aromatic N) is 1. The standard InChI is InChI=1S/C21H25N7O5/c22-14(7-18(23)29)19(30)27-16(6-12-9-24-10-26-12)20(31)28-17(21(32)33)5-11-8-25-15-4-2-1-3-13(11)15/h1-4,8-10,14,16-17,25H,5-7,22H2,(H2,23,29)(H,24,26)(H,27,30)(H,28,31)(H,32,33)/t14-,16-,17-/m0/s1. The molecule has 3 atom stereocenters. The summed E-state index contributed by atoms with van der Waals surface area (Å²) in [5, 5.41) is 15.5. The van der Waals surface area contributed by atoms with Gasteiger partial charge in [-0.25, -0.2) is 9.78 Å². The topological polar surface area (TPSA) is 209 Å². The second-order valence-corrected chi connectivity index (χ2v) is 7.58. The van der Waals surface area contributed by atoms with Gasteiger partial charge >= 0.3 is 5.97 Å². The maximum Gasteiger partial charge on any atom is 0.326 e. The minimum absolute atomic E-state index is 0.000287. The molecule has 2 heterocycles. The van der Waals surface area contributed by atoms with Gasteiger partial charge in [-0.3, -0.25) is 14.4 Å². The maximum atomic E-state index is 13.0. The van der Waals surface area contributed by atoms with Crippen LogP contribution in [-0.2, 0) is 32.0 Å². The van der Waals surface area contributed by atoms with Gasteiger partial charge in [0.2, 0.25) is 17.7 Å². The van der Waals surface area contributed by atoms with Gasteiger partial charge in [0.05, 0.1) is 18.8 Å². The predicted molar refractivity (Wildman–Crippen MR) is 118 cm³/mol. The Labute approximate surface area is 188 Å². The highest BCUT2D eigenvalue weighted by Crippen LogP contribution is 2.19. The van der Waals surface area contributed by atoms with Crippen molar-refractivity contribution in [2.75, 3.05) is 0 Å². The average Bonchev–Trinajstić information content (AvgIpc) is 3.42. The van der Waals surface area contributed by atoms with E-state index < -0.39 is 48.2 Å². The van der Waals surface area contributed by atoms with Crippen molar-refractivity contribution in [3.05, 3.63) is 54.2 Å². The first-order chi connectivity index (χ1) is 15.7. The van der Waals surface area contributed by atoms with Crippen molar-refractivity contribution < 1.29 is 24.3 Å². The summed E-state index contributed by atoms with van der Waals surface area (Å²) in [7, 11) is 0. The van der Waals surface area contributed by atoms with Gasteiger partial charge in [-0.1, -0.05) is 18.2 Å². The van der Waals surface area contributed by atoms with Gasteiger partial charge in [-0.15, -0.1) is 0 Å². The van der Waals surface area contributed by atoms with E-state index in [-0.39, 0.29) is 12.8 Å². The van der Waals surface area contributed by atoms with Gasteiger partial charge in [0.1, 0.15) is 12.1 Å². The zero-order valence-electron chi connectivity index (χ0n) is 17.6. The van der Waals surface area contributed by atoms with E-state index in [1.165, 1.54) is 12.5 Å². The van der Waals surface area contributed by atoms with Crippen LogP contribution < -0.4 is 22.1 Å². The number of para-hydroxylation sites is 1. The van der Waals surface area contributed by atoms with Crippen molar-refractivity contribution in [1.82, 2.24) is 25.6 Å². The molecule has 12 heteroatoms. The molecule has 0 saturated carbocycles. The molecule has 0 bridgehead atoms. The quantitative estimate of drug-likeness (QED) is 0.190. The molecule has 0 unspecified atom stereocenters. The fourth-order valence-corrected chi connectivity index (χ4v) is 3.41. The van der Waals surface area contributed by atoms with Gasteiger partial charge in [-0.2, -0.15) is 0 Å². The molecule has 3 amide bonds. The molecule has 0 fully saturated rings. The summed E-state index contributed by atoms with van der Waals surface area (Å²) in [6.45, 7) is 0. The number of amides is 3. The van der Waals surface area contributed by atoms with Crippen molar-refractivity contribution in [3.63, 3.8) is 0 Å². The molecule has 12 nitrogen and oxygen atoms in total. The number of carboxylic acids is 1. The number of imidazole rings is 1. The summed E-state index contributed by atoms with van der Waals surface area (Å²) in [6, 6.07) is 3.73. The van der Waals surface area contributed by atoms with Crippen molar-refractivity contribution in [3.8, 4) is 0 Å². The van der Waals surface area contributed by atoms with E-state index in [9.17, 15) is 24.3 Å². The van der Waals surface area contributed by atoms with Crippen LogP contribution in [0.4, 0.5) is 0 Å². The summed E-state index contributed by atoms with van der Waals surface area (Å²) in [4.78, 5) is 58.1. The first-order valence-corrected chi connectivity index (χ1v) is 10.1. The molecular formula is C21H25N7O5. The number of nitrogens with one attached hydrogen (secondary N) is 4. The normalized spacial score (nSPS) is 13.7. The zero-order chi connectivity index (χ0) is 24.0. The number of hydrogen-bond donors (Lipinski definition) is 7. The lowest BCUT2D eigenvalue weighted by Crippen LogP contribution is -2.56. The van der Waals surface area contributed by atoms with E-state index in [1.54, 1.807) is 6.20 Å². The monoisotopic (exact) mass is 455 g/mol. The number of aromatic nitrogens is 3. The van der Waals surface area contributed by atoms with Gasteiger partial charge in [0.25, 0.3) is 0 Å². The summed E-state index contributed by atoms with van der Waals surface area (Å²) < 4.78 is 0. The number of H-pyrrole nitrogens is 2. The number of fused-ring (bicyclic) bond motifs is 1. The molecule has 0 aliphatic rings. The summed E-state index contributed by atoms with van der Waals surface area (Å²) in [5.41, 5.74) is 12.8. The lowest BCUT2D eigenvalue weighted by molar-refractivity contribution is -0.142. The number of rotatable bonds is 11. The van der Waals surface area contributed by atoms with E-state index in [2.05, 4.69) is 25.6 Å². The van der Waals surface area contributed by atoms with Gasteiger partial charge in [-0.05, 0) is 11.6 Å². The molecule has 0 aliphatic carbocycles. The molecule has 3 aromatic rings. The number of aliphatic carboxylic acids is 1. The van der Waals surface area contributed by atoms with Crippen LogP contribution in [0.15, 0.2) is 43.0 Å². The maximum absolute atomic E-state index is 13.0. The Hall–Kier alpha value is -4.19. The minimum Gasteiger partial charge on any atom is -0.480 e. The molecule has 2 aromatic heterocycles. The second-order valence-electron chi connectivity index (χ2n) is 7.58. The molecule has 1 aromatic carbocycles. The zero-order valence-corrected chi connectivity index (χ0v) is 17.6. The summed E-state index contributed by atoms with van der Waals surface area (Å²) in [6.07, 6.45) is 4.19. The molecule has 0 saturated heterocycles. The van der Waals surface area contributed by atoms with E-state index in [4.69, 9.17) is 11.5 Å². The lowest BCUT2D eigenvalue weighted by atomic mass is 10.0. The van der Waals surface area contributed by atoms with Crippen LogP contribution in [0, 0.1) is 0 Å². The summed E-state index contributed by atoms with van der Waals surface area (Å²) >= 11 is 0. The number of carbonyl (C=O) groups is 4. The number of hydrogen-bond acceptors (Lipinski definition) is 6. The Morgan fingerprint density at radius 3 is 2.42 bits per heavy atom. The highest BCUT2D eigenvalue weighted by molar-refractivity contribution is 5.93. The fourth-order valence-electron chi connectivity index (χ4n) is 3.41. The third-order valence-corrected chi connectivity index (χ3v) is 5.08. The van der Waals surface area contributed by atoms with Crippen LogP contribution in [-0.4, -0.2) is 61.9 Å². The smallest absolute Gasteiger partial charge is 0.326 e. The fraction of sp³-hybridized carbons (Fsp3) is 0.286. The van der Waals surface area contributed by atoms with Crippen molar-refractivity contribution in [2.45, 2.75) is 37.4 Å². The molecule has 0 spiro atoms. The molecular weight excluding hydrogens is 430 g/mol. The van der Waals surface area contributed by atoms with Crippen LogP contribution in [0.2, 0.25) is 0 Å². The van der Waals surface area contributed by atoms with E-state index in [0.29, 0.717) is 5.69 Å². The number of nitrogens with two attached hydrogens (primary N) is 2. The first kappa shape index (κ1) is 23.5. The molecule has 9 N–H and O–H groups in total. The molecule has 3 rings (SSSR count). The third kappa shape index (κ3) is 6.17. The van der Waals surface area contributed by atoms with Gasteiger partial charge in [0, 0.05) is 41.8 Å². The van der Waals surface area contributed by atoms with Gasteiger partial charge < -0.3 is 37.2 Å². The third-order valence-electron chi connectivity index (χ3n) is 5.08. The average molecular weight is 455 g/mol. The molecule has 174 valence electrons. The Kier molecular flexibility index (Phi) is 7.41. The number of carbonyl (C=O) groups excluding carboxylic acids is 3. The largest absolute Gasteiger partial charge is 0.480 e. The Morgan fingerprint density at radius 2 is 1.76 bits per heavy atom. The SMILES string of the molecule is NC(=O)C[C@H](N)C(=O)N[C@@H](Cc1cnc[nH]1)C(=O)N[C@@H](Cc1c[nH]c2ccccc12)C(=O)O. The van der Waals surface area contributed by atoms with Crippen molar-refractivity contribution in [1.29, 1.82) is 0 Å². The lowest BCUT2D eigenvalue weighted by Gasteiger charge is -2.22. The van der Waals surface area contributed by atoms with Gasteiger partial charge in [0.15, 0.2) is 0 Å². The minimum atomic E-state index is -1.25. The Balaban J connectivity index is 1.75. The molecule has 0 aliphatic heterocycles. The number of aromatic amines is 2. The van der Waals surface area contributed by atoms with Crippen molar-refractivity contribution >= 4 is 34.6 Å². The van der Waals surface area contributed by atoms with Crippen molar-refractivity contribution in [2.24, 2.45) is 11.5 Å². The summed E-state index contributed by atoms with van der Waals surface area (Å²) in [5.74, 6) is -3.49. The van der Waals surface area contributed by atoms with E-state index in [0.717, 1.165) is 16.5 Å². The van der Waals surface area contributed by atoms with Crippen LogP contribution in [0.25, 0.3) is 10.9 Å². The van der Waals surface area contributed by atoms with E-state index >= 15 is 0 Å². The number of benzene rings is 1. The predicted octanol–water partition coefficient (Wildman–Crippen LogP) is -1.07. The highest BCUT2D eigenvalue weighted by Gasteiger charge is 2.29. The van der Waals surface area contributed by atoms with Crippen LogP contribution in [0.1, 0.15) is 17.7 Å². The number of carboxylic acid groups (broad SMARTS) is 1.